The normalized spacial score (nSPS) is 34.6. The van der Waals surface area contributed by atoms with Gasteiger partial charge >= 0.3 is 0 Å². The van der Waals surface area contributed by atoms with Gasteiger partial charge in [-0.1, -0.05) is 13.8 Å². The number of hydrogen-bond donors (Lipinski definition) is 2. The number of amides is 1. The third kappa shape index (κ3) is 2.33. The molecule has 2 N–H and O–H groups in total. The minimum Gasteiger partial charge on any atom is -0.377 e. The van der Waals surface area contributed by atoms with Gasteiger partial charge in [-0.05, 0) is 19.9 Å². The average molecular weight is 240 g/mol. The van der Waals surface area contributed by atoms with E-state index >= 15 is 0 Å². The molecule has 4 nitrogen and oxygen atoms in total. The van der Waals surface area contributed by atoms with E-state index < -0.39 is 0 Å². The summed E-state index contributed by atoms with van der Waals surface area (Å²) in [5, 5.41) is 6.18. The molecule has 4 heteroatoms. The molecule has 1 aliphatic heterocycles. The molecule has 0 aromatic heterocycles. The van der Waals surface area contributed by atoms with Crippen molar-refractivity contribution in [2.45, 2.75) is 45.3 Å². The SMILES string of the molecule is CNCCC(=O)NC1C2CCCOC2C1(C)C. The fourth-order valence-electron chi connectivity index (χ4n) is 3.30. The van der Waals surface area contributed by atoms with Gasteiger partial charge in [-0.25, -0.2) is 0 Å². The maximum Gasteiger partial charge on any atom is 0.221 e. The Bertz CT molecular complexity index is 291. The van der Waals surface area contributed by atoms with Gasteiger partial charge in [-0.15, -0.1) is 0 Å². The maximum atomic E-state index is 11.8. The first-order chi connectivity index (χ1) is 8.07. The molecule has 0 aromatic carbocycles. The van der Waals surface area contributed by atoms with Crippen LogP contribution in [0.1, 0.15) is 33.1 Å². The number of rotatable bonds is 4. The summed E-state index contributed by atoms with van der Waals surface area (Å²) in [6.07, 6.45) is 3.21. The first-order valence-corrected chi connectivity index (χ1v) is 6.63. The fraction of sp³-hybridized carbons (Fsp3) is 0.923. The van der Waals surface area contributed by atoms with Gasteiger partial charge in [0.2, 0.25) is 5.91 Å². The summed E-state index contributed by atoms with van der Waals surface area (Å²) in [5.74, 6) is 0.679. The summed E-state index contributed by atoms with van der Waals surface area (Å²) in [7, 11) is 1.87. The number of carbonyl (C=O) groups is 1. The monoisotopic (exact) mass is 240 g/mol. The Morgan fingerprint density at radius 2 is 2.24 bits per heavy atom. The number of carbonyl (C=O) groups excluding carboxylic acids is 1. The van der Waals surface area contributed by atoms with E-state index in [1.165, 1.54) is 6.42 Å². The van der Waals surface area contributed by atoms with E-state index in [2.05, 4.69) is 24.5 Å². The third-order valence-electron chi connectivity index (χ3n) is 4.25. The molecular formula is C13H24N2O2. The standard InChI is InChI=1S/C13H24N2O2/c1-13(2)11(15-10(16)6-7-14-3)9-5-4-8-17-12(9)13/h9,11-12,14H,4-8H2,1-3H3,(H,15,16). The maximum absolute atomic E-state index is 11.8. The second kappa shape index (κ2) is 4.94. The molecule has 1 saturated carbocycles. The second-order valence-electron chi connectivity index (χ2n) is 5.82. The van der Waals surface area contributed by atoms with Crippen LogP contribution in [0.25, 0.3) is 0 Å². The highest BCUT2D eigenvalue weighted by Crippen LogP contribution is 2.51. The highest BCUT2D eigenvalue weighted by atomic mass is 16.5. The van der Waals surface area contributed by atoms with Crippen molar-refractivity contribution < 1.29 is 9.53 Å². The van der Waals surface area contributed by atoms with Crippen LogP contribution in [-0.2, 0) is 9.53 Å². The molecule has 3 atom stereocenters. The van der Waals surface area contributed by atoms with Crippen molar-refractivity contribution in [1.29, 1.82) is 0 Å². The van der Waals surface area contributed by atoms with Gasteiger partial charge in [0.25, 0.3) is 0 Å². The molecule has 0 bridgehead atoms. The van der Waals surface area contributed by atoms with Crippen molar-refractivity contribution >= 4 is 5.91 Å². The van der Waals surface area contributed by atoms with E-state index in [9.17, 15) is 4.79 Å². The molecule has 1 heterocycles. The number of fused-ring (bicyclic) bond motifs is 1. The Labute approximate surface area is 103 Å². The molecule has 2 fully saturated rings. The van der Waals surface area contributed by atoms with Crippen molar-refractivity contribution in [3.05, 3.63) is 0 Å². The zero-order valence-corrected chi connectivity index (χ0v) is 11.1. The Morgan fingerprint density at radius 1 is 1.47 bits per heavy atom. The van der Waals surface area contributed by atoms with Crippen LogP contribution in [0.5, 0.6) is 0 Å². The van der Waals surface area contributed by atoms with Crippen molar-refractivity contribution in [3.8, 4) is 0 Å². The van der Waals surface area contributed by atoms with Crippen molar-refractivity contribution in [3.63, 3.8) is 0 Å². The van der Waals surface area contributed by atoms with Crippen molar-refractivity contribution in [1.82, 2.24) is 10.6 Å². The molecule has 2 rings (SSSR count). The predicted octanol–water partition coefficient (Wildman–Crippen LogP) is 0.916. The molecule has 0 radical (unpaired) electrons. The van der Waals surface area contributed by atoms with Gasteiger partial charge in [0, 0.05) is 36.9 Å². The van der Waals surface area contributed by atoms with Gasteiger partial charge in [-0.2, -0.15) is 0 Å². The minimum absolute atomic E-state index is 0.0837. The molecule has 1 amide bonds. The lowest BCUT2D eigenvalue weighted by Crippen LogP contribution is -2.70. The van der Waals surface area contributed by atoms with Crippen LogP contribution < -0.4 is 10.6 Å². The van der Waals surface area contributed by atoms with Crippen LogP contribution in [-0.4, -0.2) is 38.3 Å². The van der Waals surface area contributed by atoms with Crippen LogP contribution in [0.2, 0.25) is 0 Å². The topological polar surface area (TPSA) is 50.4 Å². The number of ether oxygens (including phenoxy) is 1. The van der Waals surface area contributed by atoms with Crippen molar-refractivity contribution in [2.75, 3.05) is 20.2 Å². The molecule has 0 aromatic rings. The van der Waals surface area contributed by atoms with Crippen LogP contribution in [0.3, 0.4) is 0 Å². The Morgan fingerprint density at radius 3 is 2.94 bits per heavy atom. The highest BCUT2D eigenvalue weighted by molar-refractivity contribution is 5.76. The zero-order chi connectivity index (χ0) is 12.5. The number of nitrogens with one attached hydrogen (secondary N) is 2. The lowest BCUT2D eigenvalue weighted by molar-refractivity contribution is -0.193. The molecule has 0 spiro atoms. The van der Waals surface area contributed by atoms with E-state index in [1.807, 2.05) is 7.05 Å². The smallest absolute Gasteiger partial charge is 0.221 e. The van der Waals surface area contributed by atoms with E-state index in [0.29, 0.717) is 18.4 Å². The first kappa shape index (κ1) is 12.8. The van der Waals surface area contributed by atoms with Crippen molar-refractivity contribution in [2.24, 2.45) is 11.3 Å². The summed E-state index contributed by atoms with van der Waals surface area (Å²) >= 11 is 0. The lowest BCUT2D eigenvalue weighted by atomic mass is 9.55. The summed E-state index contributed by atoms with van der Waals surface area (Å²) in [6, 6.07) is 0.289. The van der Waals surface area contributed by atoms with Crippen LogP contribution in [0, 0.1) is 11.3 Å². The van der Waals surface area contributed by atoms with E-state index in [0.717, 1.165) is 19.6 Å². The zero-order valence-electron chi connectivity index (χ0n) is 11.1. The highest BCUT2D eigenvalue weighted by Gasteiger charge is 2.58. The summed E-state index contributed by atoms with van der Waals surface area (Å²) < 4.78 is 5.82. The van der Waals surface area contributed by atoms with Crippen LogP contribution in [0.4, 0.5) is 0 Å². The van der Waals surface area contributed by atoms with Gasteiger partial charge in [0.1, 0.15) is 0 Å². The van der Waals surface area contributed by atoms with E-state index in [-0.39, 0.29) is 17.4 Å². The van der Waals surface area contributed by atoms with Gasteiger partial charge in [0.05, 0.1) is 6.10 Å². The molecular weight excluding hydrogens is 216 g/mol. The van der Waals surface area contributed by atoms with Gasteiger partial charge < -0.3 is 15.4 Å². The summed E-state index contributed by atoms with van der Waals surface area (Å²) in [4.78, 5) is 11.8. The van der Waals surface area contributed by atoms with Crippen LogP contribution >= 0.6 is 0 Å². The summed E-state index contributed by atoms with van der Waals surface area (Å²) in [6.45, 7) is 6.01. The summed E-state index contributed by atoms with van der Waals surface area (Å²) in [5.41, 5.74) is 0.0837. The Balaban J connectivity index is 1.89. The third-order valence-corrected chi connectivity index (χ3v) is 4.25. The molecule has 17 heavy (non-hydrogen) atoms. The molecule has 1 saturated heterocycles. The Hall–Kier alpha value is -0.610. The van der Waals surface area contributed by atoms with Gasteiger partial charge in [0.15, 0.2) is 0 Å². The van der Waals surface area contributed by atoms with E-state index in [1.54, 1.807) is 0 Å². The predicted molar refractivity (Wildman–Crippen MR) is 66.7 cm³/mol. The fourth-order valence-corrected chi connectivity index (χ4v) is 3.30. The largest absolute Gasteiger partial charge is 0.377 e. The van der Waals surface area contributed by atoms with E-state index in [4.69, 9.17) is 4.74 Å². The molecule has 98 valence electrons. The van der Waals surface area contributed by atoms with Crippen LogP contribution in [0.15, 0.2) is 0 Å². The second-order valence-corrected chi connectivity index (χ2v) is 5.82. The quantitative estimate of drug-likeness (QED) is 0.768. The van der Waals surface area contributed by atoms with Gasteiger partial charge in [-0.3, -0.25) is 4.79 Å². The number of hydrogen-bond acceptors (Lipinski definition) is 3. The molecule has 3 unspecified atom stereocenters. The molecule has 2 aliphatic rings. The molecule has 1 aliphatic carbocycles. The first-order valence-electron chi connectivity index (χ1n) is 6.63. The average Bonchev–Trinajstić information content (AvgIpc) is 2.33. The minimum atomic E-state index is 0.0837. The lowest BCUT2D eigenvalue weighted by Gasteiger charge is -2.59. The Kier molecular flexibility index (Phi) is 3.73.